The van der Waals surface area contributed by atoms with Crippen molar-refractivity contribution in [2.75, 3.05) is 6.61 Å². The van der Waals surface area contributed by atoms with Crippen LogP contribution in [-0.2, 0) is 9.53 Å². The predicted molar refractivity (Wildman–Crippen MR) is 60.0 cm³/mol. The van der Waals surface area contributed by atoms with E-state index in [2.05, 4.69) is 16.3 Å². The third kappa shape index (κ3) is 1.36. The van der Waals surface area contributed by atoms with Crippen molar-refractivity contribution in [3.63, 3.8) is 0 Å². The molecule has 0 aromatic carbocycles. The van der Waals surface area contributed by atoms with Crippen LogP contribution in [0.2, 0.25) is 0 Å². The fraction of sp³-hybridized carbons (Fsp3) is 0.750. The lowest BCUT2D eigenvalue weighted by Gasteiger charge is -2.46. The number of hydrogen-bond acceptors (Lipinski definition) is 4. The average Bonchev–Trinajstić information content (AvgIpc) is 2.35. The maximum atomic E-state index is 12.1. The topological polar surface area (TPSA) is 51.0 Å². The zero-order valence-corrected chi connectivity index (χ0v) is 9.40. The van der Waals surface area contributed by atoms with Gasteiger partial charge in [-0.2, -0.15) is 0 Å². The van der Waals surface area contributed by atoms with Gasteiger partial charge in [0.25, 0.3) is 0 Å². The summed E-state index contributed by atoms with van der Waals surface area (Å²) >= 11 is 0. The van der Waals surface area contributed by atoms with Crippen molar-refractivity contribution in [1.82, 2.24) is 0 Å². The van der Waals surface area contributed by atoms with Crippen molar-refractivity contribution in [3.8, 4) is 0 Å². The third-order valence-electron chi connectivity index (χ3n) is 3.97. The molecule has 1 radical (unpaired) electrons. The molecule has 85 valence electrons. The molecule has 2 bridgehead atoms. The van der Waals surface area contributed by atoms with Gasteiger partial charge in [-0.15, -0.1) is 0 Å². The number of hydrogen-bond donors (Lipinski definition) is 0. The molecule has 0 aromatic rings. The van der Waals surface area contributed by atoms with Crippen molar-refractivity contribution in [1.29, 1.82) is 0 Å². The monoisotopic (exact) mass is 219 g/mol. The number of ketones is 1. The number of carbonyl (C=O) groups excluding carboxylic acids is 1. The summed E-state index contributed by atoms with van der Waals surface area (Å²) in [4.78, 5) is 20.0. The highest BCUT2D eigenvalue weighted by atomic mass is 16.5. The first-order valence-corrected chi connectivity index (χ1v) is 5.92. The Bertz CT molecular complexity index is 365. The van der Waals surface area contributed by atoms with Crippen LogP contribution < -0.4 is 0 Å². The van der Waals surface area contributed by atoms with Crippen LogP contribution in [0.3, 0.4) is 0 Å². The van der Waals surface area contributed by atoms with Gasteiger partial charge < -0.3 is 4.74 Å². The van der Waals surface area contributed by atoms with E-state index >= 15 is 0 Å². The van der Waals surface area contributed by atoms with Gasteiger partial charge in [0, 0.05) is 0 Å². The van der Waals surface area contributed by atoms with E-state index in [0.29, 0.717) is 11.6 Å². The molecule has 3 fully saturated rings. The van der Waals surface area contributed by atoms with Crippen molar-refractivity contribution in [3.05, 3.63) is 0 Å². The van der Waals surface area contributed by atoms with Gasteiger partial charge in [-0.25, -0.2) is 4.99 Å². The van der Waals surface area contributed by atoms with Crippen molar-refractivity contribution in [2.45, 2.75) is 44.2 Å². The van der Waals surface area contributed by atoms with Gasteiger partial charge in [-0.05, 0) is 38.5 Å². The molecule has 16 heavy (non-hydrogen) atoms. The normalized spacial score (nSPS) is 42.3. The summed E-state index contributed by atoms with van der Waals surface area (Å²) in [6.07, 6.45) is 6.76. The Hall–Kier alpha value is -1.03. The summed E-state index contributed by atoms with van der Waals surface area (Å²) in [5.41, 5.74) is 0.149. The van der Waals surface area contributed by atoms with E-state index in [-0.39, 0.29) is 11.8 Å². The van der Waals surface area contributed by atoms with Crippen molar-refractivity contribution in [2.24, 2.45) is 15.9 Å². The molecule has 0 spiro atoms. The minimum Gasteiger partial charge on any atom is -0.368 e. The number of carbonyl (C=O) groups is 1. The molecule has 1 atom stereocenters. The molecule has 0 amide bonds. The lowest BCUT2D eigenvalue weighted by atomic mass is 9.72. The Morgan fingerprint density at radius 2 is 2.19 bits per heavy atom. The quantitative estimate of drug-likeness (QED) is 0.666. The van der Waals surface area contributed by atoms with Crippen LogP contribution in [-0.4, -0.2) is 36.1 Å². The zero-order valence-electron chi connectivity index (χ0n) is 9.40. The van der Waals surface area contributed by atoms with Gasteiger partial charge in [-0.3, -0.25) is 9.79 Å². The molecule has 3 aliphatic heterocycles. The molecular weight excluding hydrogens is 204 g/mol. The SMILES string of the molecule is CC1N=[C]N=C(C23CCC(CC2)CO3)C1=O. The highest BCUT2D eigenvalue weighted by Crippen LogP contribution is 2.42. The molecule has 3 heterocycles. The van der Waals surface area contributed by atoms with E-state index in [1.54, 1.807) is 6.92 Å². The fourth-order valence-electron chi connectivity index (χ4n) is 2.84. The Balaban J connectivity index is 1.94. The van der Waals surface area contributed by atoms with Crippen molar-refractivity contribution >= 4 is 17.8 Å². The van der Waals surface area contributed by atoms with Crippen LogP contribution in [0.4, 0.5) is 0 Å². The maximum Gasteiger partial charge on any atom is 0.204 e. The zero-order chi connectivity index (χ0) is 11.2. The summed E-state index contributed by atoms with van der Waals surface area (Å²) < 4.78 is 5.89. The Morgan fingerprint density at radius 3 is 2.81 bits per heavy atom. The Morgan fingerprint density at radius 1 is 1.44 bits per heavy atom. The second kappa shape index (κ2) is 3.48. The summed E-state index contributed by atoms with van der Waals surface area (Å²) in [5, 5.41) is 0. The molecule has 2 saturated heterocycles. The van der Waals surface area contributed by atoms with E-state index in [1.807, 2.05) is 0 Å². The van der Waals surface area contributed by atoms with Gasteiger partial charge in [0.05, 0.1) is 6.61 Å². The molecule has 4 nitrogen and oxygen atoms in total. The Kier molecular flexibility index (Phi) is 2.21. The van der Waals surface area contributed by atoms with E-state index in [4.69, 9.17) is 4.74 Å². The minimum atomic E-state index is -0.414. The van der Waals surface area contributed by atoms with Crippen LogP contribution in [0.15, 0.2) is 9.98 Å². The predicted octanol–water partition coefficient (Wildman–Crippen LogP) is 1.26. The van der Waals surface area contributed by atoms with Crippen LogP contribution in [0.1, 0.15) is 32.6 Å². The highest BCUT2D eigenvalue weighted by Gasteiger charge is 2.48. The lowest BCUT2D eigenvalue weighted by molar-refractivity contribution is -0.121. The second-order valence-corrected chi connectivity index (χ2v) is 4.98. The smallest absolute Gasteiger partial charge is 0.204 e. The molecule has 0 N–H and O–H groups in total. The third-order valence-corrected chi connectivity index (χ3v) is 3.97. The number of rotatable bonds is 1. The van der Waals surface area contributed by atoms with Gasteiger partial charge in [0.15, 0.2) is 6.34 Å². The molecular formula is C12H15N2O2. The van der Waals surface area contributed by atoms with Crippen LogP contribution in [0.25, 0.3) is 0 Å². The summed E-state index contributed by atoms with van der Waals surface area (Å²) in [7, 11) is 0. The number of nitrogens with zero attached hydrogens (tertiary/aromatic N) is 2. The number of ether oxygens (including phenoxy) is 1. The van der Waals surface area contributed by atoms with Crippen molar-refractivity contribution < 1.29 is 9.53 Å². The van der Waals surface area contributed by atoms with Gasteiger partial charge >= 0.3 is 0 Å². The molecule has 1 unspecified atom stereocenters. The number of Topliss-reactive ketones (excluding diaryl/α,β-unsaturated/α-hetero) is 1. The molecule has 0 aromatic heterocycles. The second-order valence-electron chi connectivity index (χ2n) is 4.98. The van der Waals surface area contributed by atoms with Crippen LogP contribution in [0, 0.1) is 5.92 Å². The standard InChI is InChI=1S/C12H15N2O2/c1-8-10(15)11(14-7-13-8)12-4-2-9(3-5-12)6-16-12/h8-9H,2-6H2,1H3. The first kappa shape index (κ1) is 10.1. The van der Waals surface area contributed by atoms with Crippen LogP contribution in [0.5, 0.6) is 0 Å². The largest absolute Gasteiger partial charge is 0.368 e. The summed E-state index contributed by atoms with van der Waals surface area (Å²) in [6.45, 7) is 2.56. The summed E-state index contributed by atoms with van der Waals surface area (Å²) in [5.74, 6) is 0.704. The molecule has 4 heteroatoms. The maximum absolute atomic E-state index is 12.1. The highest BCUT2D eigenvalue weighted by molar-refractivity contribution is 6.46. The first-order valence-electron chi connectivity index (χ1n) is 5.92. The Labute approximate surface area is 94.8 Å². The molecule has 4 aliphatic rings. The molecule has 4 rings (SSSR count). The summed E-state index contributed by atoms with van der Waals surface area (Å²) in [6, 6.07) is -0.342. The lowest BCUT2D eigenvalue weighted by Crippen LogP contribution is -2.55. The number of fused-ring (bicyclic) bond motifs is 3. The average molecular weight is 219 g/mol. The van der Waals surface area contributed by atoms with E-state index in [1.165, 1.54) is 0 Å². The molecule has 1 saturated carbocycles. The van der Waals surface area contributed by atoms with Gasteiger partial charge in [0.2, 0.25) is 5.78 Å². The van der Waals surface area contributed by atoms with E-state index < -0.39 is 5.60 Å². The van der Waals surface area contributed by atoms with Crippen LogP contribution >= 0.6 is 0 Å². The van der Waals surface area contributed by atoms with E-state index in [9.17, 15) is 4.79 Å². The fourth-order valence-corrected chi connectivity index (χ4v) is 2.84. The van der Waals surface area contributed by atoms with Gasteiger partial charge in [0.1, 0.15) is 17.4 Å². The first-order chi connectivity index (χ1) is 7.71. The van der Waals surface area contributed by atoms with Gasteiger partial charge in [-0.1, -0.05) is 0 Å². The minimum absolute atomic E-state index is 0.0131. The van der Waals surface area contributed by atoms with E-state index in [0.717, 1.165) is 32.3 Å². The molecule has 1 aliphatic carbocycles. The number of aliphatic imine (C=N–C) groups is 2.